The van der Waals surface area contributed by atoms with Gasteiger partial charge in [-0.15, -0.1) is 0 Å². The van der Waals surface area contributed by atoms with Gasteiger partial charge in [0.2, 0.25) is 17.7 Å². The highest BCUT2D eigenvalue weighted by Gasteiger charge is 2.56. The van der Waals surface area contributed by atoms with E-state index in [0.29, 0.717) is 27.0 Å². The van der Waals surface area contributed by atoms with Gasteiger partial charge < -0.3 is 10.1 Å². The summed E-state index contributed by atoms with van der Waals surface area (Å²) in [5, 5.41) is 2.36. The Morgan fingerprint density at radius 3 is 2.32 bits per heavy atom. The highest BCUT2D eigenvalue weighted by Crippen LogP contribution is 2.54. The van der Waals surface area contributed by atoms with E-state index in [1.54, 1.807) is 43.5 Å². The highest BCUT2D eigenvalue weighted by molar-refractivity contribution is 9.10. The first-order chi connectivity index (χ1) is 19.7. The molecule has 1 saturated heterocycles. The predicted octanol–water partition coefficient (Wildman–Crippen LogP) is 5.25. The largest absolute Gasteiger partial charge is 0.497 e. The maximum Gasteiger partial charge on any atom is 0.308 e. The van der Waals surface area contributed by atoms with Crippen molar-refractivity contribution in [2.75, 3.05) is 17.3 Å². The minimum atomic E-state index is -0.800. The third-order valence-corrected chi connectivity index (χ3v) is 10.2. The van der Waals surface area contributed by atoms with Crippen molar-refractivity contribution in [2.24, 2.45) is 5.92 Å². The van der Waals surface area contributed by atoms with E-state index in [0.717, 1.165) is 33.1 Å². The van der Waals surface area contributed by atoms with Gasteiger partial charge in [0.1, 0.15) is 23.4 Å². The van der Waals surface area contributed by atoms with Crippen molar-refractivity contribution in [1.29, 1.82) is 0 Å². The Bertz CT molecular complexity index is 1720. The lowest BCUT2D eigenvalue weighted by atomic mass is 9.83. The number of methoxy groups -OCH3 is 1. The Balaban J connectivity index is 1.40. The van der Waals surface area contributed by atoms with E-state index in [9.17, 15) is 23.6 Å². The molecule has 2 aliphatic heterocycles. The number of amides is 3. The van der Waals surface area contributed by atoms with Gasteiger partial charge in [0.15, 0.2) is 0 Å². The van der Waals surface area contributed by atoms with Crippen LogP contribution in [0, 0.1) is 11.7 Å². The number of hydrogen-bond donors (Lipinski definition) is 1. The monoisotopic (exact) mass is 653 g/mol. The fourth-order valence-electron chi connectivity index (χ4n) is 5.15. The van der Waals surface area contributed by atoms with Gasteiger partial charge >= 0.3 is 4.87 Å². The number of aromatic nitrogens is 1. The lowest BCUT2D eigenvalue weighted by Gasteiger charge is -2.30. The summed E-state index contributed by atoms with van der Waals surface area (Å²) < 4.78 is 20.7. The van der Waals surface area contributed by atoms with E-state index in [1.165, 1.54) is 33.7 Å². The van der Waals surface area contributed by atoms with Crippen LogP contribution >= 0.6 is 39.0 Å². The second-order valence-electron chi connectivity index (χ2n) is 9.48. The summed E-state index contributed by atoms with van der Waals surface area (Å²) in [6, 6.07) is 19.4. The fraction of sp³-hybridized carbons (Fsp3) is 0.172. The van der Waals surface area contributed by atoms with Gasteiger partial charge in [-0.05, 0) is 66.2 Å². The minimum absolute atomic E-state index is 0.305. The molecule has 208 valence electrons. The van der Waals surface area contributed by atoms with Crippen molar-refractivity contribution in [3.05, 3.63) is 103 Å². The molecular formula is C29H21BrFN3O5S2. The van der Waals surface area contributed by atoms with Crippen molar-refractivity contribution in [3.8, 4) is 5.75 Å². The smallest absolute Gasteiger partial charge is 0.308 e. The van der Waals surface area contributed by atoms with Crippen molar-refractivity contribution in [3.63, 3.8) is 0 Å². The Kier molecular flexibility index (Phi) is 7.30. The predicted molar refractivity (Wildman–Crippen MR) is 158 cm³/mol. The molecule has 2 unspecified atom stereocenters. The normalized spacial score (nSPS) is 19.6. The van der Waals surface area contributed by atoms with Gasteiger partial charge in [-0.1, -0.05) is 51.2 Å². The molecule has 0 aliphatic carbocycles. The first kappa shape index (κ1) is 27.4. The molecule has 1 N–H and O–H groups in total. The zero-order chi connectivity index (χ0) is 28.8. The van der Waals surface area contributed by atoms with Crippen LogP contribution in [0.3, 0.4) is 0 Å². The van der Waals surface area contributed by atoms with Crippen LogP contribution in [0.4, 0.5) is 15.8 Å². The van der Waals surface area contributed by atoms with Gasteiger partial charge in [0.25, 0.3) is 0 Å². The van der Waals surface area contributed by atoms with E-state index in [2.05, 4.69) is 21.2 Å². The number of nitrogens with zero attached hydrogens (tertiary/aromatic N) is 2. The van der Waals surface area contributed by atoms with Crippen LogP contribution in [0.2, 0.25) is 0 Å². The molecule has 2 aliphatic rings. The van der Waals surface area contributed by atoms with Crippen LogP contribution in [0.25, 0.3) is 0 Å². The summed E-state index contributed by atoms with van der Waals surface area (Å²) in [7, 11) is 1.55. The van der Waals surface area contributed by atoms with Crippen molar-refractivity contribution >= 4 is 68.1 Å². The molecule has 3 atom stereocenters. The van der Waals surface area contributed by atoms with Crippen LogP contribution in [0.5, 0.6) is 5.75 Å². The standard InChI is InChI=1S/C29H21BrFN3O5S2/c1-39-20-12-2-15(3-13-20)22-23-24(27(37)34(26(23)36)19-10-4-16(30)5-11-19)40-28-25(22)41-29(38)33(28)14-21(35)32-18-8-6-17(31)7-9-18/h2-13,22-24H,14H2,1H3,(H,32,35)/t22-,23?,24?/m0/s1. The average Bonchev–Trinajstić information content (AvgIpc) is 3.41. The van der Waals surface area contributed by atoms with Gasteiger partial charge in [-0.3, -0.25) is 23.7 Å². The molecule has 1 fully saturated rings. The lowest BCUT2D eigenvalue weighted by Crippen LogP contribution is -2.33. The van der Waals surface area contributed by atoms with Crippen LogP contribution in [-0.4, -0.2) is 34.6 Å². The lowest BCUT2D eigenvalue weighted by molar-refractivity contribution is -0.122. The second kappa shape index (κ2) is 10.9. The summed E-state index contributed by atoms with van der Waals surface area (Å²) >= 11 is 5.50. The summed E-state index contributed by atoms with van der Waals surface area (Å²) in [6.07, 6.45) is 0. The maximum atomic E-state index is 13.9. The number of benzene rings is 3. The molecule has 3 amide bonds. The number of nitrogens with one attached hydrogen (secondary N) is 1. The summed E-state index contributed by atoms with van der Waals surface area (Å²) in [5.41, 5.74) is 1.61. The molecule has 12 heteroatoms. The Labute approximate surface area is 250 Å². The molecule has 0 radical (unpaired) electrons. The highest BCUT2D eigenvalue weighted by atomic mass is 79.9. The van der Waals surface area contributed by atoms with E-state index < -0.39 is 28.8 Å². The van der Waals surface area contributed by atoms with Crippen LogP contribution in [0.15, 0.2) is 87.1 Å². The van der Waals surface area contributed by atoms with E-state index >= 15 is 0 Å². The Morgan fingerprint density at radius 1 is 0.976 bits per heavy atom. The quantitative estimate of drug-likeness (QED) is 0.285. The van der Waals surface area contributed by atoms with Crippen molar-refractivity contribution in [2.45, 2.75) is 22.7 Å². The number of imide groups is 1. The summed E-state index contributed by atoms with van der Waals surface area (Å²) in [5.74, 6) is -2.35. The van der Waals surface area contributed by atoms with Gasteiger partial charge in [0, 0.05) is 21.0 Å². The first-order valence-corrected chi connectivity index (χ1v) is 15.0. The number of fused-ring (bicyclic) bond motifs is 2. The maximum absolute atomic E-state index is 13.9. The molecule has 8 nitrogen and oxygen atoms in total. The van der Waals surface area contributed by atoms with Crippen LogP contribution in [-0.2, 0) is 20.9 Å². The number of ether oxygens (including phenoxy) is 1. The number of hydrogen-bond acceptors (Lipinski definition) is 7. The van der Waals surface area contributed by atoms with Crippen molar-refractivity contribution < 1.29 is 23.5 Å². The summed E-state index contributed by atoms with van der Waals surface area (Å²) in [4.78, 5) is 55.4. The number of carbonyl (C=O) groups excluding carboxylic acids is 3. The molecule has 0 bridgehead atoms. The number of anilines is 2. The Morgan fingerprint density at radius 2 is 1.66 bits per heavy atom. The molecule has 4 aromatic rings. The third-order valence-electron chi connectivity index (χ3n) is 7.04. The summed E-state index contributed by atoms with van der Waals surface area (Å²) in [6.45, 7) is -0.305. The molecule has 41 heavy (non-hydrogen) atoms. The van der Waals surface area contributed by atoms with E-state index in [1.807, 2.05) is 12.1 Å². The fourth-order valence-corrected chi connectivity index (χ4v) is 8.19. The Hall–Kier alpha value is -3.74. The molecule has 6 rings (SSSR count). The van der Waals surface area contributed by atoms with E-state index in [-0.39, 0.29) is 23.2 Å². The number of rotatable bonds is 6. The molecule has 1 aromatic heterocycles. The van der Waals surface area contributed by atoms with Gasteiger partial charge in [-0.25, -0.2) is 9.29 Å². The molecule has 3 heterocycles. The topological polar surface area (TPSA) is 97.7 Å². The van der Waals surface area contributed by atoms with Gasteiger partial charge in [0.05, 0.1) is 23.7 Å². The van der Waals surface area contributed by atoms with Crippen molar-refractivity contribution in [1.82, 2.24) is 4.57 Å². The zero-order valence-corrected chi connectivity index (χ0v) is 24.6. The molecular weight excluding hydrogens is 633 g/mol. The average molecular weight is 655 g/mol. The minimum Gasteiger partial charge on any atom is -0.497 e. The number of halogens is 2. The van der Waals surface area contributed by atoms with E-state index in [4.69, 9.17) is 4.74 Å². The first-order valence-electron chi connectivity index (χ1n) is 12.5. The van der Waals surface area contributed by atoms with Crippen LogP contribution in [0.1, 0.15) is 16.4 Å². The SMILES string of the molecule is COc1ccc([C@@H]2c3sc(=O)n(CC(=O)Nc4ccc(F)cc4)c3SC3C(=O)N(c4ccc(Br)cc4)C(=O)C32)cc1. The third kappa shape index (κ3) is 5.00. The van der Waals surface area contributed by atoms with Crippen LogP contribution < -0.4 is 19.8 Å². The number of carbonyl (C=O) groups is 3. The second-order valence-corrected chi connectivity index (χ2v) is 12.5. The zero-order valence-electron chi connectivity index (χ0n) is 21.4. The molecule has 0 saturated carbocycles. The number of thiazole rings is 1. The molecule has 3 aromatic carbocycles. The number of thioether (sulfide) groups is 1. The van der Waals surface area contributed by atoms with Gasteiger partial charge in [-0.2, -0.15) is 0 Å². The molecule has 0 spiro atoms.